The number of aromatic nitrogens is 2. The van der Waals surface area contributed by atoms with E-state index in [1.54, 1.807) is 0 Å². The van der Waals surface area contributed by atoms with Crippen molar-refractivity contribution in [2.75, 3.05) is 5.32 Å². The topological polar surface area (TPSA) is 92.2 Å². The van der Waals surface area contributed by atoms with Crippen molar-refractivity contribution in [3.05, 3.63) is 15.6 Å². The predicted molar refractivity (Wildman–Crippen MR) is 56.0 cm³/mol. The molecule has 0 aliphatic heterocycles. The van der Waals surface area contributed by atoms with Gasteiger partial charge in [0.15, 0.2) is 11.5 Å². The number of anilines is 1. The first kappa shape index (κ1) is 10.8. The quantitative estimate of drug-likeness (QED) is 0.786. The molecule has 0 atom stereocenters. The fourth-order valence-electron chi connectivity index (χ4n) is 0.775. The van der Waals surface area contributed by atoms with Gasteiger partial charge in [-0.15, -0.1) is 0 Å². The van der Waals surface area contributed by atoms with E-state index in [1.165, 1.54) is 13.1 Å². The molecule has 1 aromatic rings. The van der Waals surface area contributed by atoms with Gasteiger partial charge in [0.2, 0.25) is 5.91 Å². The molecule has 1 rings (SSSR count). The highest BCUT2D eigenvalue weighted by molar-refractivity contribution is 14.1. The van der Waals surface area contributed by atoms with Crippen molar-refractivity contribution < 1.29 is 14.7 Å². The van der Waals surface area contributed by atoms with Gasteiger partial charge in [0.1, 0.15) is 3.70 Å². The molecule has 0 aromatic carbocycles. The number of carboxylic acids is 1. The number of aromatic carboxylic acids is 1. The third kappa shape index (κ3) is 2.62. The van der Waals surface area contributed by atoms with Gasteiger partial charge in [0.05, 0.1) is 6.20 Å². The lowest BCUT2D eigenvalue weighted by Gasteiger charge is -2.03. The van der Waals surface area contributed by atoms with Crippen LogP contribution in [-0.2, 0) is 4.79 Å². The molecule has 0 fully saturated rings. The summed E-state index contributed by atoms with van der Waals surface area (Å²) in [5.41, 5.74) is -0.257. The smallest absolute Gasteiger partial charge is 0.358 e. The average Bonchev–Trinajstić information content (AvgIpc) is 2.07. The summed E-state index contributed by atoms with van der Waals surface area (Å²) < 4.78 is 0.453. The molecule has 14 heavy (non-hydrogen) atoms. The Hall–Kier alpha value is -1.25. The van der Waals surface area contributed by atoms with Crippen LogP contribution < -0.4 is 5.32 Å². The van der Waals surface area contributed by atoms with Gasteiger partial charge in [-0.1, -0.05) is 0 Å². The largest absolute Gasteiger partial charge is 0.476 e. The van der Waals surface area contributed by atoms with Gasteiger partial charge in [-0.25, -0.2) is 14.8 Å². The van der Waals surface area contributed by atoms with Crippen LogP contribution in [0.3, 0.4) is 0 Å². The second-order valence-corrected chi connectivity index (χ2v) is 3.48. The summed E-state index contributed by atoms with van der Waals surface area (Å²) in [7, 11) is 0. The van der Waals surface area contributed by atoms with Crippen LogP contribution in [0.5, 0.6) is 0 Å². The lowest BCUT2D eigenvalue weighted by atomic mass is 10.4. The van der Waals surface area contributed by atoms with E-state index in [-0.39, 0.29) is 17.4 Å². The molecule has 0 radical (unpaired) electrons. The number of amides is 1. The van der Waals surface area contributed by atoms with Crippen molar-refractivity contribution in [2.24, 2.45) is 0 Å². The van der Waals surface area contributed by atoms with E-state index in [0.717, 1.165) is 0 Å². The Kier molecular flexibility index (Phi) is 3.33. The number of carboxylic acid groups (broad SMARTS) is 1. The summed E-state index contributed by atoms with van der Waals surface area (Å²) >= 11 is 1.84. The first-order valence-corrected chi connectivity index (χ1v) is 4.62. The van der Waals surface area contributed by atoms with Crippen LogP contribution in [0.15, 0.2) is 6.20 Å². The molecule has 7 heteroatoms. The van der Waals surface area contributed by atoms with Crippen molar-refractivity contribution in [1.29, 1.82) is 0 Å². The van der Waals surface area contributed by atoms with Crippen LogP contribution >= 0.6 is 22.6 Å². The van der Waals surface area contributed by atoms with Crippen molar-refractivity contribution in [3.63, 3.8) is 0 Å². The van der Waals surface area contributed by atoms with Crippen LogP contribution in [0.25, 0.3) is 0 Å². The molecule has 6 nitrogen and oxygen atoms in total. The number of halogens is 1. The summed E-state index contributed by atoms with van der Waals surface area (Å²) in [6, 6.07) is 0. The Bertz CT molecular complexity index is 394. The number of nitrogens with zero attached hydrogens (tertiary/aromatic N) is 2. The van der Waals surface area contributed by atoms with Crippen molar-refractivity contribution >= 4 is 40.3 Å². The van der Waals surface area contributed by atoms with E-state index in [9.17, 15) is 9.59 Å². The summed E-state index contributed by atoms with van der Waals surface area (Å²) in [4.78, 5) is 28.9. The highest BCUT2D eigenvalue weighted by Crippen LogP contribution is 2.11. The molecule has 2 N–H and O–H groups in total. The van der Waals surface area contributed by atoms with E-state index in [1.807, 2.05) is 22.6 Å². The van der Waals surface area contributed by atoms with Crippen LogP contribution in [0.1, 0.15) is 17.4 Å². The van der Waals surface area contributed by atoms with E-state index in [0.29, 0.717) is 3.70 Å². The number of nitrogens with one attached hydrogen (secondary N) is 1. The molecule has 0 aliphatic rings. The maximum atomic E-state index is 10.7. The Morgan fingerprint density at radius 3 is 2.71 bits per heavy atom. The summed E-state index contributed by atoms with van der Waals surface area (Å²) in [6.07, 6.45) is 1.37. The minimum atomic E-state index is -1.22. The van der Waals surface area contributed by atoms with Gasteiger partial charge >= 0.3 is 5.97 Å². The Morgan fingerprint density at radius 1 is 1.57 bits per heavy atom. The zero-order chi connectivity index (χ0) is 10.7. The van der Waals surface area contributed by atoms with Gasteiger partial charge in [-0.05, 0) is 22.6 Å². The van der Waals surface area contributed by atoms with Crippen molar-refractivity contribution in [2.45, 2.75) is 6.92 Å². The van der Waals surface area contributed by atoms with E-state index in [2.05, 4.69) is 15.3 Å². The first-order valence-electron chi connectivity index (χ1n) is 3.54. The van der Waals surface area contributed by atoms with Crippen LogP contribution in [-0.4, -0.2) is 27.0 Å². The normalized spacial score (nSPS) is 9.57. The molecule has 0 saturated heterocycles. The average molecular weight is 307 g/mol. The molecule has 74 valence electrons. The number of carbonyl (C=O) groups excluding carboxylic acids is 1. The van der Waals surface area contributed by atoms with Crippen molar-refractivity contribution in [3.8, 4) is 0 Å². The fourth-order valence-corrected chi connectivity index (χ4v) is 1.16. The molecule has 0 unspecified atom stereocenters. The summed E-state index contributed by atoms with van der Waals surface area (Å²) in [5.74, 6) is -1.65. The van der Waals surface area contributed by atoms with E-state index >= 15 is 0 Å². The molecule has 0 aliphatic carbocycles. The zero-order valence-corrected chi connectivity index (χ0v) is 9.27. The number of carbonyl (C=O) groups is 2. The van der Waals surface area contributed by atoms with E-state index in [4.69, 9.17) is 5.11 Å². The molecule has 1 heterocycles. The minimum Gasteiger partial charge on any atom is -0.476 e. The van der Waals surface area contributed by atoms with Gasteiger partial charge in [-0.2, -0.15) is 0 Å². The maximum absolute atomic E-state index is 10.7. The van der Waals surface area contributed by atoms with Gasteiger partial charge in [-0.3, -0.25) is 4.79 Å². The standard InChI is InChI=1S/C7H6IN3O3/c1-3(12)10-6-5(7(13)14)11-4(8)2-9-6/h2H,1H3,(H,13,14)(H,9,10,12). The Labute approximate surface area is 92.9 Å². The van der Waals surface area contributed by atoms with Crippen LogP contribution in [0.2, 0.25) is 0 Å². The summed E-state index contributed by atoms with van der Waals surface area (Å²) in [5, 5.41) is 11.0. The number of hydrogen-bond donors (Lipinski definition) is 2. The monoisotopic (exact) mass is 307 g/mol. The highest BCUT2D eigenvalue weighted by Gasteiger charge is 2.14. The van der Waals surface area contributed by atoms with Gasteiger partial charge in [0.25, 0.3) is 0 Å². The molecule has 1 aromatic heterocycles. The Balaban J connectivity index is 3.14. The molecule has 0 saturated carbocycles. The first-order chi connectivity index (χ1) is 6.50. The molecule has 1 amide bonds. The minimum absolute atomic E-state index is 0.0367. The maximum Gasteiger partial charge on any atom is 0.358 e. The number of hydrogen-bond acceptors (Lipinski definition) is 4. The third-order valence-corrected chi connectivity index (χ3v) is 1.76. The second-order valence-electron chi connectivity index (χ2n) is 2.38. The zero-order valence-electron chi connectivity index (χ0n) is 7.11. The Morgan fingerprint density at radius 2 is 2.21 bits per heavy atom. The van der Waals surface area contributed by atoms with Gasteiger partial charge in [0, 0.05) is 6.92 Å². The fraction of sp³-hybridized carbons (Fsp3) is 0.143. The lowest BCUT2D eigenvalue weighted by molar-refractivity contribution is -0.114. The van der Waals surface area contributed by atoms with Crippen LogP contribution in [0.4, 0.5) is 5.82 Å². The van der Waals surface area contributed by atoms with Gasteiger partial charge < -0.3 is 10.4 Å². The van der Waals surface area contributed by atoms with E-state index < -0.39 is 5.97 Å². The predicted octanol–water partition coefficient (Wildman–Crippen LogP) is 0.738. The molecule has 0 spiro atoms. The lowest BCUT2D eigenvalue weighted by Crippen LogP contribution is -2.14. The number of rotatable bonds is 2. The van der Waals surface area contributed by atoms with Crippen LogP contribution in [0, 0.1) is 3.70 Å². The molecular formula is C7H6IN3O3. The SMILES string of the molecule is CC(=O)Nc1ncc(I)nc1C(=O)O. The van der Waals surface area contributed by atoms with Crippen molar-refractivity contribution in [1.82, 2.24) is 9.97 Å². The second kappa shape index (κ2) is 4.31. The molecule has 0 bridgehead atoms. The highest BCUT2D eigenvalue weighted by atomic mass is 127. The molecular weight excluding hydrogens is 301 g/mol. The summed E-state index contributed by atoms with van der Waals surface area (Å²) in [6.45, 7) is 1.27. The third-order valence-electron chi connectivity index (χ3n) is 1.24.